The van der Waals surface area contributed by atoms with Crippen molar-refractivity contribution < 1.29 is 13.2 Å². The lowest BCUT2D eigenvalue weighted by molar-refractivity contribution is 0.102. The third-order valence-electron chi connectivity index (χ3n) is 4.40. The lowest BCUT2D eigenvalue weighted by atomic mass is 10.1. The molecule has 3 aromatic rings. The van der Waals surface area contributed by atoms with Crippen molar-refractivity contribution in [2.45, 2.75) is 29.5 Å². The summed E-state index contributed by atoms with van der Waals surface area (Å²) in [5.74, 6) is 0.532. The van der Waals surface area contributed by atoms with Gasteiger partial charge in [-0.15, -0.1) is 21.5 Å². The molecule has 1 aliphatic rings. The number of thiophene rings is 1. The quantitative estimate of drug-likeness (QED) is 0.438. The molecule has 7 nitrogen and oxygen atoms in total. The number of anilines is 2. The number of benzene rings is 1. The summed E-state index contributed by atoms with van der Waals surface area (Å²) in [4.78, 5) is 13.9. The number of fused-ring (bicyclic) bond motifs is 1. The first-order chi connectivity index (χ1) is 13.8. The number of nitrogens with zero attached hydrogens (tertiary/aromatic N) is 3. The summed E-state index contributed by atoms with van der Waals surface area (Å²) in [5, 5.41) is 13.4. The molecular weight excluding hydrogens is 448 g/mol. The Hall–Kier alpha value is -1.95. The Morgan fingerprint density at radius 2 is 2.17 bits per heavy atom. The standard InChI is InChI=1S/C18H18N4O3S4/c1-11-8-13-9-12(5-6-15(13)22(11)29(2,24)25)16(23)19-17-20-21-18(28-17)27-10-14-4-3-7-26-14/h3-7,9,11H,8,10H2,1-2H3,(H,19,20,23). The van der Waals surface area contributed by atoms with Gasteiger partial charge in [-0.25, -0.2) is 8.42 Å². The molecule has 152 valence electrons. The van der Waals surface area contributed by atoms with Crippen LogP contribution in [0.15, 0.2) is 40.1 Å². The average molecular weight is 467 g/mol. The van der Waals surface area contributed by atoms with Gasteiger partial charge in [0.1, 0.15) is 0 Å². The fourth-order valence-corrected chi connectivity index (χ4v) is 7.05. The van der Waals surface area contributed by atoms with Crippen molar-refractivity contribution in [3.63, 3.8) is 0 Å². The van der Waals surface area contributed by atoms with Crippen molar-refractivity contribution in [1.29, 1.82) is 0 Å². The number of rotatable bonds is 6. The van der Waals surface area contributed by atoms with E-state index in [1.54, 1.807) is 41.3 Å². The third-order valence-corrected chi connectivity index (χ3v) is 8.75. The molecule has 0 bridgehead atoms. The van der Waals surface area contributed by atoms with Crippen LogP contribution in [-0.2, 0) is 22.2 Å². The minimum Gasteiger partial charge on any atom is -0.296 e. The Morgan fingerprint density at radius 3 is 2.90 bits per heavy atom. The van der Waals surface area contributed by atoms with Gasteiger partial charge >= 0.3 is 0 Å². The lowest BCUT2D eigenvalue weighted by Gasteiger charge is -2.21. The smallest absolute Gasteiger partial charge is 0.257 e. The van der Waals surface area contributed by atoms with Crippen LogP contribution in [0.4, 0.5) is 10.8 Å². The molecule has 1 atom stereocenters. The second-order valence-corrected chi connectivity index (χ2v) is 11.7. The molecule has 1 N–H and O–H groups in total. The van der Waals surface area contributed by atoms with E-state index in [2.05, 4.69) is 21.6 Å². The second kappa shape index (κ2) is 8.05. The van der Waals surface area contributed by atoms with Crippen LogP contribution < -0.4 is 9.62 Å². The Bertz CT molecular complexity index is 1140. The highest BCUT2D eigenvalue weighted by Crippen LogP contribution is 2.35. The molecule has 0 aliphatic carbocycles. The Morgan fingerprint density at radius 1 is 1.34 bits per heavy atom. The molecular formula is C18H18N4O3S4. The highest BCUT2D eigenvalue weighted by molar-refractivity contribution is 8.00. The summed E-state index contributed by atoms with van der Waals surface area (Å²) >= 11 is 4.61. The van der Waals surface area contributed by atoms with E-state index in [0.29, 0.717) is 22.8 Å². The van der Waals surface area contributed by atoms with Gasteiger partial charge in [0.05, 0.1) is 11.9 Å². The van der Waals surface area contributed by atoms with E-state index < -0.39 is 10.0 Å². The number of amides is 1. The van der Waals surface area contributed by atoms with Gasteiger partial charge in [0.15, 0.2) is 4.34 Å². The zero-order valence-electron chi connectivity index (χ0n) is 15.7. The minimum absolute atomic E-state index is 0.163. The second-order valence-electron chi connectivity index (χ2n) is 6.65. The largest absolute Gasteiger partial charge is 0.296 e. The molecule has 1 unspecified atom stereocenters. The molecule has 1 aliphatic heterocycles. The van der Waals surface area contributed by atoms with Gasteiger partial charge in [0.25, 0.3) is 5.91 Å². The van der Waals surface area contributed by atoms with Crippen LogP contribution in [0.3, 0.4) is 0 Å². The van der Waals surface area contributed by atoms with Gasteiger partial charge in [0.2, 0.25) is 15.2 Å². The number of carbonyl (C=O) groups is 1. The maximum Gasteiger partial charge on any atom is 0.257 e. The van der Waals surface area contributed by atoms with Crippen LogP contribution in [0.5, 0.6) is 0 Å². The fourth-order valence-electron chi connectivity index (χ4n) is 3.26. The Balaban J connectivity index is 1.44. The fraction of sp³-hybridized carbons (Fsp3) is 0.278. The van der Waals surface area contributed by atoms with Gasteiger partial charge in [-0.05, 0) is 48.6 Å². The van der Waals surface area contributed by atoms with Gasteiger partial charge in [0, 0.05) is 22.2 Å². The third kappa shape index (κ3) is 4.47. The van der Waals surface area contributed by atoms with Crippen LogP contribution >= 0.6 is 34.4 Å². The summed E-state index contributed by atoms with van der Waals surface area (Å²) < 4.78 is 26.3. The SMILES string of the molecule is CC1Cc2cc(C(=O)Nc3nnc(SCc4cccs4)s3)ccc2N1S(C)(=O)=O. The molecule has 0 saturated carbocycles. The van der Waals surface area contributed by atoms with Gasteiger partial charge < -0.3 is 0 Å². The summed E-state index contributed by atoms with van der Waals surface area (Å²) in [7, 11) is -3.35. The van der Waals surface area contributed by atoms with Crippen molar-refractivity contribution in [2.75, 3.05) is 15.9 Å². The number of hydrogen-bond acceptors (Lipinski definition) is 8. The number of nitrogens with one attached hydrogen (secondary N) is 1. The van der Waals surface area contributed by atoms with Crippen LogP contribution in [0, 0.1) is 0 Å². The molecule has 0 radical (unpaired) electrons. The average Bonchev–Trinajstić information content (AvgIpc) is 3.37. The monoisotopic (exact) mass is 466 g/mol. The predicted octanol–water partition coefficient (Wildman–Crippen LogP) is 3.85. The first-order valence-electron chi connectivity index (χ1n) is 8.73. The predicted molar refractivity (Wildman–Crippen MR) is 119 cm³/mol. The zero-order valence-corrected chi connectivity index (χ0v) is 18.9. The van der Waals surface area contributed by atoms with Crippen LogP contribution in [-0.4, -0.2) is 36.8 Å². The number of aromatic nitrogens is 2. The van der Waals surface area contributed by atoms with E-state index in [9.17, 15) is 13.2 Å². The molecule has 1 amide bonds. The van der Waals surface area contributed by atoms with Crippen LogP contribution in [0.1, 0.15) is 27.7 Å². The number of carbonyl (C=O) groups excluding carboxylic acids is 1. The van der Waals surface area contributed by atoms with Gasteiger partial charge in [-0.1, -0.05) is 29.2 Å². The maximum atomic E-state index is 12.6. The van der Waals surface area contributed by atoms with Crippen molar-refractivity contribution in [3.05, 3.63) is 51.7 Å². The van der Waals surface area contributed by atoms with Gasteiger partial charge in [-0.2, -0.15) is 0 Å². The first-order valence-corrected chi connectivity index (χ1v) is 13.3. The van der Waals surface area contributed by atoms with Crippen LogP contribution in [0.2, 0.25) is 0 Å². The van der Waals surface area contributed by atoms with Crippen molar-refractivity contribution in [1.82, 2.24) is 10.2 Å². The Labute approximate surface area is 181 Å². The molecule has 11 heteroatoms. The van der Waals surface area contributed by atoms with E-state index in [1.165, 1.54) is 26.8 Å². The van der Waals surface area contributed by atoms with E-state index in [-0.39, 0.29) is 11.9 Å². The lowest BCUT2D eigenvalue weighted by Crippen LogP contribution is -2.34. The minimum atomic E-state index is -3.35. The summed E-state index contributed by atoms with van der Waals surface area (Å²) in [6.07, 6.45) is 1.77. The topological polar surface area (TPSA) is 92.3 Å². The highest BCUT2D eigenvalue weighted by atomic mass is 32.2. The number of thioether (sulfide) groups is 1. The molecule has 0 spiro atoms. The molecule has 0 saturated heterocycles. The summed E-state index contributed by atoms with van der Waals surface area (Å²) in [6.45, 7) is 1.86. The molecule has 3 heterocycles. The van der Waals surface area contributed by atoms with Gasteiger partial charge in [-0.3, -0.25) is 14.4 Å². The van der Waals surface area contributed by atoms with Crippen molar-refractivity contribution >= 4 is 61.2 Å². The van der Waals surface area contributed by atoms with Crippen molar-refractivity contribution in [2.24, 2.45) is 0 Å². The van der Waals surface area contributed by atoms with E-state index in [0.717, 1.165) is 15.7 Å². The first kappa shape index (κ1) is 20.3. The van der Waals surface area contributed by atoms with E-state index >= 15 is 0 Å². The normalized spacial score (nSPS) is 16.1. The zero-order chi connectivity index (χ0) is 20.6. The van der Waals surface area contributed by atoms with Crippen molar-refractivity contribution in [3.8, 4) is 0 Å². The highest BCUT2D eigenvalue weighted by Gasteiger charge is 2.32. The van der Waals surface area contributed by atoms with Crippen LogP contribution in [0.25, 0.3) is 0 Å². The molecule has 2 aromatic heterocycles. The van der Waals surface area contributed by atoms with E-state index in [4.69, 9.17) is 0 Å². The molecule has 29 heavy (non-hydrogen) atoms. The summed E-state index contributed by atoms with van der Waals surface area (Å²) in [6, 6.07) is 9.00. The Kier molecular flexibility index (Phi) is 5.65. The molecule has 0 fully saturated rings. The van der Waals surface area contributed by atoms with E-state index in [1.807, 2.05) is 18.4 Å². The number of hydrogen-bond donors (Lipinski definition) is 1. The maximum absolute atomic E-state index is 12.6. The summed E-state index contributed by atoms with van der Waals surface area (Å²) in [5.41, 5.74) is 1.95. The molecule has 1 aromatic carbocycles. The number of sulfonamides is 1. The molecule has 4 rings (SSSR count).